The number of β-amino-alcohol motifs (C(OH)–C–C–N with tert-alkyl or cyclic N) is 2. The van der Waals surface area contributed by atoms with Gasteiger partial charge >= 0.3 is 0 Å². The number of likely N-dealkylation sites (tertiary alicyclic amines) is 1. The van der Waals surface area contributed by atoms with Crippen LogP contribution < -0.4 is 5.32 Å². The Kier molecular flexibility index (Phi) is 6.11. The first-order valence-electron chi connectivity index (χ1n) is 10.1. The fourth-order valence-electron chi connectivity index (χ4n) is 4.00. The van der Waals surface area contributed by atoms with Crippen LogP contribution in [0.4, 0.5) is 0 Å². The topological polar surface area (TPSA) is 88.6 Å². The van der Waals surface area contributed by atoms with Crippen LogP contribution in [0.1, 0.15) is 11.1 Å². The number of para-hydroxylation sites is 1. The predicted octanol–water partition coefficient (Wildman–Crippen LogP) is 2.13. The number of benzene rings is 2. The molecule has 0 aliphatic carbocycles. The number of H-pyrrole nitrogens is 1. The highest BCUT2D eigenvalue weighted by Gasteiger charge is 2.45. The fourth-order valence-corrected chi connectivity index (χ4v) is 4.12. The summed E-state index contributed by atoms with van der Waals surface area (Å²) in [5.41, 5.74) is 1.81. The van der Waals surface area contributed by atoms with Crippen LogP contribution in [-0.4, -0.2) is 63.9 Å². The molecule has 1 amide bonds. The Balaban J connectivity index is 1.28. The zero-order chi connectivity index (χ0) is 21.1. The van der Waals surface area contributed by atoms with Crippen LogP contribution in [0, 0.1) is 0 Å². The summed E-state index contributed by atoms with van der Waals surface area (Å²) in [7, 11) is 0. The lowest BCUT2D eigenvalue weighted by atomic mass is 10.0. The van der Waals surface area contributed by atoms with Crippen molar-refractivity contribution < 1.29 is 15.0 Å². The number of rotatable bonds is 7. The highest BCUT2D eigenvalue weighted by Crippen LogP contribution is 2.23. The minimum Gasteiger partial charge on any atom is -0.388 e. The highest BCUT2D eigenvalue weighted by atomic mass is 35.5. The maximum Gasteiger partial charge on any atom is 0.227 e. The summed E-state index contributed by atoms with van der Waals surface area (Å²) >= 11 is 5.88. The maximum absolute atomic E-state index is 12.6. The molecule has 6 nitrogen and oxygen atoms in total. The molecule has 1 saturated heterocycles. The number of aromatic amines is 1. The zero-order valence-electron chi connectivity index (χ0n) is 16.6. The maximum atomic E-state index is 12.6. The van der Waals surface area contributed by atoms with Gasteiger partial charge in [0.1, 0.15) is 11.7 Å². The van der Waals surface area contributed by atoms with Gasteiger partial charge in [0.05, 0.1) is 13.0 Å². The van der Waals surface area contributed by atoms with Gasteiger partial charge < -0.3 is 25.4 Å². The van der Waals surface area contributed by atoms with E-state index < -0.39 is 11.7 Å². The summed E-state index contributed by atoms with van der Waals surface area (Å²) < 4.78 is 0. The van der Waals surface area contributed by atoms with Gasteiger partial charge in [0, 0.05) is 35.2 Å². The van der Waals surface area contributed by atoms with Crippen molar-refractivity contribution in [1.29, 1.82) is 0 Å². The highest BCUT2D eigenvalue weighted by molar-refractivity contribution is 6.30. The molecule has 0 bridgehead atoms. The summed E-state index contributed by atoms with van der Waals surface area (Å²) in [6, 6.07) is 15.3. The molecule has 2 aromatic carbocycles. The molecule has 0 saturated carbocycles. The Labute approximate surface area is 180 Å². The van der Waals surface area contributed by atoms with E-state index in [-0.39, 0.29) is 32.0 Å². The van der Waals surface area contributed by atoms with Crippen molar-refractivity contribution in [3.8, 4) is 0 Å². The lowest BCUT2D eigenvalue weighted by Gasteiger charge is -2.26. The molecule has 4 rings (SSSR count). The van der Waals surface area contributed by atoms with Crippen LogP contribution in [0.15, 0.2) is 54.7 Å². The predicted molar refractivity (Wildman–Crippen MR) is 118 cm³/mol. The van der Waals surface area contributed by atoms with E-state index in [1.165, 1.54) is 15.8 Å². The normalized spacial score (nSPS) is 21.4. The third-order valence-corrected chi connectivity index (χ3v) is 6.03. The number of carbonyl (C=O) groups is 1. The van der Waals surface area contributed by atoms with E-state index in [0.717, 1.165) is 17.5 Å². The zero-order valence-corrected chi connectivity index (χ0v) is 17.4. The van der Waals surface area contributed by atoms with Gasteiger partial charge in [0.25, 0.3) is 0 Å². The molecule has 30 heavy (non-hydrogen) atoms. The molecule has 1 fully saturated rings. The molecule has 2 heterocycles. The molecule has 0 unspecified atom stereocenters. The molecular weight excluding hydrogens is 402 g/mol. The second-order valence-corrected chi connectivity index (χ2v) is 8.42. The SMILES string of the molecule is O=C(Cc1ccc(Cl)cc1)N1C[C@@H](O)[C@](O)(CNCCc2c[nH]c3ccccc23)C1. The third-order valence-electron chi connectivity index (χ3n) is 5.78. The Morgan fingerprint density at radius 2 is 2.00 bits per heavy atom. The first kappa shape index (κ1) is 20.9. The van der Waals surface area contributed by atoms with Crippen molar-refractivity contribution in [2.24, 2.45) is 0 Å². The Bertz CT molecular complexity index is 1020. The van der Waals surface area contributed by atoms with Crippen LogP contribution in [0.2, 0.25) is 5.02 Å². The second kappa shape index (κ2) is 8.78. The molecule has 1 aromatic heterocycles. The number of carbonyl (C=O) groups excluding carboxylic acids is 1. The van der Waals surface area contributed by atoms with Gasteiger partial charge in [-0.3, -0.25) is 4.79 Å². The molecule has 0 radical (unpaired) electrons. The summed E-state index contributed by atoms with van der Waals surface area (Å²) in [6.07, 6.45) is 2.04. The summed E-state index contributed by atoms with van der Waals surface area (Å²) in [5, 5.41) is 26.3. The molecule has 3 aromatic rings. The van der Waals surface area contributed by atoms with Crippen LogP contribution in [0.25, 0.3) is 10.9 Å². The number of nitrogens with one attached hydrogen (secondary N) is 2. The first-order valence-corrected chi connectivity index (χ1v) is 10.5. The number of aliphatic hydroxyl groups excluding tert-OH is 1. The Morgan fingerprint density at radius 3 is 2.80 bits per heavy atom. The van der Waals surface area contributed by atoms with Crippen LogP contribution in [0.3, 0.4) is 0 Å². The van der Waals surface area contributed by atoms with Crippen molar-refractivity contribution in [3.05, 3.63) is 70.9 Å². The molecule has 4 N–H and O–H groups in total. The molecule has 2 atom stereocenters. The Hall–Kier alpha value is -2.38. The van der Waals surface area contributed by atoms with Gasteiger partial charge in [-0.15, -0.1) is 0 Å². The lowest BCUT2D eigenvalue weighted by Crippen LogP contribution is -2.50. The van der Waals surface area contributed by atoms with Crippen LogP contribution in [-0.2, 0) is 17.6 Å². The Morgan fingerprint density at radius 1 is 1.23 bits per heavy atom. The minimum absolute atomic E-state index is 0.112. The van der Waals surface area contributed by atoms with Gasteiger partial charge in [0.15, 0.2) is 0 Å². The number of halogens is 1. The molecule has 158 valence electrons. The quantitative estimate of drug-likeness (QED) is 0.435. The molecule has 7 heteroatoms. The van der Waals surface area contributed by atoms with Gasteiger partial charge in [-0.2, -0.15) is 0 Å². The van der Waals surface area contributed by atoms with Gasteiger partial charge in [-0.25, -0.2) is 0 Å². The molecule has 1 aliphatic heterocycles. The van der Waals surface area contributed by atoms with Crippen molar-refractivity contribution in [2.75, 3.05) is 26.2 Å². The van der Waals surface area contributed by atoms with Gasteiger partial charge in [-0.05, 0) is 42.3 Å². The largest absolute Gasteiger partial charge is 0.388 e. The number of fused-ring (bicyclic) bond motifs is 1. The van der Waals surface area contributed by atoms with Crippen molar-refractivity contribution in [2.45, 2.75) is 24.5 Å². The smallest absolute Gasteiger partial charge is 0.227 e. The van der Waals surface area contributed by atoms with Crippen molar-refractivity contribution >= 4 is 28.4 Å². The van der Waals surface area contributed by atoms with E-state index in [1.807, 2.05) is 36.5 Å². The number of hydrogen-bond acceptors (Lipinski definition) is 4. The second-order valence-electron chi connectivity index (χ2n) is 7.98. The first-order chi connectivity index (χ1) is 14.4. The standard InChI is InChI=1S/C23H26ClN3O3/c24-18-7-5-16(6-8-18)11-22(29)27-13-21(28)23(30,15-27)14-25-10-9-17-12-26-20-4-2-1-3-19(17)20/h1-8,12,21,25-26,28,30H,9-11,13-15H2/t21-,23+/m1/s1. The number of amides is 1. The summed E-state index contributed by atoms with van der Waals surface area (Å²) in [6.45, 7) is 1.13. The average molecular weight is 428 g/mol. The number of nitrogens with zero attached hydrogens (tertiary/aromatic N) is 1. The molecule has 1 aliphatic rings. The lowest BCUT2D eigenvalue weighted by molar-refractivity contribution is -0.130. The van der Waals surface area contributed by atoms with E-state index in [0.29, 0.717) is 11.6 Å². The minimum atomic E-state index is -1.35. The van der Waals surface area contributed by atoms with E-state index in [2.05, 4.69) is 16.4 Å². The van der Waals surface area contributed by atoms with Crippen molar-refractivity contribution in [1.82, 2.24) is 15.2 Å². The summed E-state index contributed by atoms with van der Waals surface area (Å²) in [5.74, 6) is -0.119. The van der Waals surface area contributed by atoms with Crippen LogP contribution in [0.5, 0.6) is 0 Å². The van der Waals surface area contributed by atoms with Crippen LogP contribution >= 0.6 is 11.6 Å². The van der Waals surface area contributed by atoms with E-state index in [1.54, 1.807) is 12.1 Å². The summed E-state index contributed by atoms with van der Waals surface area (Å²) in [4.78, 5) is 17.4. The third kappa shape index (κ3) is 4.52. The van der Waals surface area contributed by atoms with Gasteiger partial charge in [-0.1, -0.05) is 41.9 Å². The molecular formula is C23H26ClN3O3. The monoisotopic (exact) mass is 427 g/mol. The van der Waals surface area contributed by atoms with E-state index >= 15 is 0 Å². The average Bonchev–Trinajstić information content (AvgIpc) is 3.28. The fraction of sp³-hybridized carbons (Fsp3) is 0.348. The number of hydrogen-bond donors (Lipinski definition) is 4. The van der Waals surface area contributed by atoms with E-state index in [4.69, 9.17) is 11.6 Å². The van der Waals surface area contributed by atoms with Crippen molar-refractivity contribution in [3.63, 3.8) is 0 Å². The number of aliphatic hydroxyl groups is 2. The number of aromatic nitrogens is 1. The molecule has 0 spiro atoms. The van der Waals surface area contributed by atoms with Gasteiger partial charge in [0.2, 0.25) is 5.91 Å². The van der Waals surface area contributed by atoms with E-state index in [9.17, 15) is 15.0 Å².